The highest BCUT2D eigenvalue weighted by atomic mass is 31.2. The Balaban J connectivity index is 4.15. The maximum Gasteiger partial charge on any atom is 0.552 e. The second kappa shape index (κ2) is 8.37. The lowest BCUT2D eigenvalue weighted by atomic mass is 10.4. The zero-order valence-electron chi connectivity index (χ0n) is 9.47. The molecular formula is C10H15F2O4P. The van der Waals surface area contributed by atoms with Crippen molar-refractivity contribution in [1.29, 1.82) is 0 Å². The lowest BCUT2D eigenvalue weighted by Crippen LogP contribution is -2.26. The minimum absolute atomic E-state index is 0.0419. The fourth-order valence-corrected chi connectivity index (χ4v) is 1.33. The Labute approximate surface area is 99.6 Å². The highest BCUT2D eigenvalue weighted by Gasteiger charge is 2.27. The van der Waals surface area contributed by atoms with Gasteiger partial charge < -0.3 is 9.47 Å². The molecule has 0 aromatic rings. The van der Waals surface area contributed by atoms with Crippen LogP contribution in [0.5, 0.6) is 0 Å². The molecule has 0 aromatic heterocycles. The molecule has 0 heterocycles. The largest absolute Gasteiger partial charge is 0.552 e. The first-order chi connectivity index (χ1) is 7.89. The van der Waals surface area contributed by atoms with E-state index in [1.807, 2.05) is 0 Å². The molecule has 0 amide bonds. The molecule has 0 saturated heterocycles. The average molecular weight is 268 g/mol. The third-order valence-electron chi connectivity index (χ3n) is 1.64. The summed E-state index contributed by atoms with van der Waals surface area (Å²) in [5, 5.41) is 0. The van der Waals surface area contributed by atoms with E-state index in [1.54, 1.807) is 6.92 Å². The van der Waals surface area contributed by atoms with Crippen LogP contribution in [0.15, 0.2) is 12.7 Å². The van der Waals surface area contributed by atoms with Gasteiger partial charge in [0.2, 0.25) is 0 Å². The molecule has 4 nitrogen and oxygen atoms in total. The van der Waals surface area contributed by atoms with Crippen molar-refractivity contribution < 1.29 is 27.0 Å². The van der Waals surface area contributed by atoms with Crippen LogP contribution in [0, 0.1) is 12.3 Å². The van der Waals surface area contributed by atoms with Crippen molar-refractivity contribution in [3.63, 3.8) is 0 Å². The molecule has 0 aliphatic carbocycles. The number of ether oxygens (including phenoxy) is 2. The van der Waals surface area contributed by atoms with Crippen LogP contribution in [0.25, 0.3) is 0 Å². The normalized spacial score (nSPS) is 14.9. The highest BCUT2D eigenvalue weighted by molar-refractivity contribution is 7.47. The zero-order chi connectivity index (χ0) is 13.3. The minimum atomic E-state index is -5.58. The van der Waals surface area contributed by atoms with Gasteiger partial charge in [0.05, 0.1) is 19.3 Å². The molecule has 0 aromatic carbocycles. The number of rotatable bonds is 9. The van der Waals surface area contributed by atoms with Gasteiger partial charge in [0.15, 0.2) is 0 Å². The van der Waals surface area contributed by atoms with E-state index in [2.05, 4.69) is 17.0 Å². The Morgan fingerprint density at radius 3 is 2.65 bits per heavy atom. The van der Waals surface area contributed by atoms with Crippen molar-refractivity contribution in [2.45, 2.75) is 19.1 Å². The molecule has 0 bridgehead atoms. The number of halogens is 2. The fraction of sp³-hybridized carbons (Fsp3) is 0.600. The maximum atomic E-state index is 12.2. The van der Waals surface area contributed by atoms with Crippen LogP contribution in [0.4, 0.5) is 8.39 Å². The average Bonchev–Trinajstić information content (AvgIpc) is 2.23. The molecule has 17 heavy (non-hydrogen) atoms. The Hall–Kier alpha value is -0.730. The maximum absolute atomic E-state index is 12.2. The summed E-state index contributed by atoms with van der Waals surface area (Å²) >= 11 is 0. The third-order valence-corrected chi connectivity index (χ3v) is 2.18. The summed E-state index contributed by atoms with van der Waals surface area (Å²) in [5.74, 6) is 2.17. The van der Waals surface area contributed by atoms with E-state index in [0.29, 0.717) is 0 Å². The van der Waals surface area contributed by atoms with E-state index in [9.17, 15) is 13.0 Å². The van der Waals surface area contributed by atoms with Crippen LogP contribution < -0.4 is 0 Å². The highest BCUT2D eigenvalue weighted by Crippen LogP contribution is 2.51. The second-order valence-corrected chi connectivity index (χ2v) is 4.17. The topological polar surface area (TPSA) is 44.8 Å². The molecule has 0 fully saturated rings. The van der Waals surface area contributed by atoms with Gasteiger partial charge in [-0.3, -0.25) is 4.52 Å². The quantitative estimate of drug-likeness (QED) is 0.279. The fourth-order valence-electron chi connectivity index (χ4n) is 0.859. The molecule has 0 spiro atoms. The van der Waals surface area contributed by atoms with Crippen molar-refractivity contribution in [3.05, 3.63) is 12.7 Å². The molecule has 0 saturated carbocycles. The van der Waals surface area contributed by atoms with E-state index in [4.69, 9.17) is 15.9 Å². The lowest BCUT2D eigenvalue weighted by Gasteiger charge is -2.18. The van der Waals surface area contributed by atoms with Crippen LogP contribution in [-0.4, -0.2) is 32.0 Å². The molecule has 0 aliphatic rings. The van der Waals surface area contributed by atoms with Crippen molar-refractivity contribution in [3.8, 4) is 12.3 Å². The molecule has 0 rings (SSSR count). The van der Waals surface area contributed by atoms with Crippen LogP contribution in [0.1, 0.15) is 6.92 Å². The van der Waals surface area contributed by atoms with Gasteiger partial charge in [-0.2, -0.15) is 0 Å². The van der Waals surface area contributed by atoms with Crippen molar-refractivity contribution >= 4 is 7.99 Å². The Morgan fingerprint density at radius 2 is 2.18 bits per heavy atom. The Bertz CT molecular complexity index is 310. The van der Waals surface area contributed by atoms with Crippen molar-refractivity contribution in [2.24, 2.45) is 0 Å². The summed E-state index contributed by atoms with van der Waals surface area (Å²) in [4.78, 5) is 0. The molecule has 2 unspecified atom stereocenters. The van der Waals surface area contributed by atoms with E-state index < -0.39 is 14.1 Å². The predicted octanol–water partition coefficient (Wildman–Crippen LogP) is 2.66. The monoisotopic (exact) mass is 268 g/mol. The number of hydrogen-bond donors (Lipinski definition) is 0. The lowest BCUT2D eigenvalue weighted by molar-refractivity contribution is -0.0170. The summed E-state index contributed by atoms with van der Waals surface area (Å²) < 4.78 is 48.7. The third kappa shape index (κ3) is 10.2. The summed E-state index contributed by atoms with van der Waals surface area (Å²) in [5.41, 5.74) is 0. The van der Waals surface area contributed by atoms with Gasteiger partial charge in [0.25, 0.3) is 0 Å². The van der Waals surface area contributed by atoms with Crippen LogP contribution in [-0.2, 0) is 18.6 Å². The first kappa shape index (κ1) is 16.3. The predicted molar refractivity (Wildman–Crippen MR) is 60.0 cm³/mol. The second-order valence-electron chi connectivity index (χ2n) is 3.14. The molecule has 2 atom stereocenters. The molecule has 7 heteroatoms. The van der Waals surface area contributed by atoms with Crippen molar-refractivity contribution in [1.82, 2.24) is 0 Å². The molecule has 0 aliphatic heterocycles. The SMILES string of the molecule is C#CCOCC(COC(C)C=C)OP(=O)(F)F. The van der Waals surface area contributed by atoms with E-state index in [-0.39, 0.29) is 25.9 Å². The van der Waals surface area contributed by atoms with Gasteiger partial charge in [-0.05, 0) is 6.92 Å². The number of hydrogen-bond acceptors (Lipinski definition) is 4. The first-order valence-electron chi connectivity index (χ1n) is 4.82. The van der Waals surface area contributed by atoms with Gasteiger partial charge >= 0.3 is 7.99 Å². The van der Waals surface area contributed by atoms with E-state index >= 15 is 0 Å². The summed E-state index contributed by atoms with van der Waals surface area (Å²) in [6.45, 7) is 4.70. The van der Waals surface area contributed by atoms with Gasteiger partial charge in [-0.15, -0.1) is 21.4 Å². The molecule has 98 valence electrons. The summed E-state index contributed by atoms with van der Waals surface area (Å²) in [7, 11) is -5.58. The Morgan fingerprint density at radius 1 is 1.53 bits per heavy atom. The van der Waals surface area contributed by atoms with Gasteiger partial charge in [-0.25, -0.2) is 4.57 Å². The van der Waals surface area contributed by atoms with Gasteiger partial charge in [-0.1, -0.05) is 12.0 Å². The van der Waals surface area contributed by atoms with Gasteiger partial charge in [0, 0.05) is 0 Å². The molecule has 0 N–H and O–H groups in total. The van der Waals surface area contributed by atoms with E-state index in [0.717, 1.165) is 0 Å². The van der Waals surface area contributed by atoms with Crippen LogP contribution in [0.2, 0.25) is 0 Å². The van der Waals surface area contributed by atoms with Gasteiger partial charge in [0.1, 0.15) is 12.7 Å². The summed E-state index contributed by atoms with van der Waals surface area (Å²) in [6.07, 6.45) is 4.95. The van der Waals surface area contributed by atoms with Crippen molar-refractivity contribution in [2.75, 3.05) is 19.8 Å². The standard InChI is InChI=1S/C10H15F2O4P/c1-4-6-14-7-10(16-17(11,12)13)8-15-9(3)5-2/h1,5,9-10H,2,6-8H2,3H3. The van der Waals surface area contributed by atoms with Crippen LogP contribution in [0.3, 0.4) is 0 Å². The first-order valence-corrected chi connectivity index (χ1v) is 6.22. The number of terminal acetylenes is 1. The zero-order valence-corrected chi connectivity index (χ0v) is 10.4. The summed E-state index contributed by atoms with van der Waals surface area (Å²) in [6, 6.07) is 0. The minimum Gasteiger partial charge on any atom is -0.372 e. The molecule has 0 radical (unpaired) electrons. The Kier molecular flexibility index (Phi) is 8.01. The smallest absolute Gasteiger partial charge is 0.372 e. The van der Waals surface area contributed by atoms with Crippen LogP contribution >= 0.6 is 7.99 Å². The van der Waals surface area contributed by atoms with E-state index in [1.165, 1.54) is 6.08 Å². The molecular weight excluding hydrogens is 253 g/mol.